The van der Waals surface area contributed by atoms with E-state index in [-0.39, 0.29) is 10.8 Å². The molecule has 0 radical (unpaired) electrons. The normalized spacial score (nSPS) is 17.4. The summed E-state index contributed by atoms with van der Waals surface area (Å²) in [6, 6.07) is 5.06. The van der Waals surface area contributed by atoms with Crippen molar-refractivity contribution in [3.63, 3.8) is 0 Å². The van der Waals surface area contributed by atoms with Crippen LogP contribution in [0.4, 0.5) is 17.6 Å². The van der Waals surface area contributed by atoms with E-state index in [1.54, 1.807) is 0 Å². The molecule has 0 aliphatic carbocycles. The third kappa shape index (κ3) is 3.35. The summed E-state index contributed by atoms with van der Waals surface area (Å²) < 4.78 is 53.9. The second-order valence-corrected chi connectivity index (χ2v) is 4.78. The number of nitrogens with one attached hydrogen (secondary N) is 1. The fourth-order valence-electron chi connectivity index (χ4n) is 1.66. The van der Waals surface area contributed by atoms with Gasteiger partial charge in [0, 0.05) is 7.05 Å². The second-order valence-electron chi connectivity index (χ2n) is 4.39. The lowest BCUT2D eigenvalue weighted by Crippen LogP contribution is -2.33. The van der Waals surface area contributed by atoms with E-state index in [1.165, 1.54) is 30.2 Å². The standard InChI is InChI=1S/C13H10F4N2O2S/c1-19-10(20)9(18-12(19)22)6-7-3-2-4-8(5-7)21-13(16,17)11(14)15/h2-6,11H,1H3,(H,18,22)/b9-6+. The molecule has 118 valence electrons. The lowest BCUT2D eigenvalue weighted by Gasteiger charge is -2.16. The Bertz CT molecular complexity index is 649. The van der Waals surface area contributed by atoms with Crippen molar-refractivity contribution >= 4 is 29.3 Å². The van der Waals surface area contributed by atoms with Crippen molar-refractivity contribution in [3.05, 3.63) is 35.5 Å². The van der Waals surface area contributed by atoms with Crippen molar-refractivity contribution in [2.45, 2.75) is 12.5 Å². The van der Waals surface area contributed by atoms with Crippen LogP contribution in [0.1, 0.15) is 5.56 Å². The van der Waals surface area contributed by atoms with Crippen LogP contribution in [0.5, 0.6) is 5.75 Å². The number of alkyl halides is 4. The molecule has 0 atom stereocenters. The molecule has 2 rings (SSSR count). The average molecular weight is 334 g/mol. The van der Waals surface area contributed by atoms with Crippen molar-refractivity contribution in [2.75, 3.05) is 7.05 Å². The Balaban J connectivity index is 2.23. The molecule has 22 heavy (non-hydrogen) atoms. The number of ether oxygens (including phenoxy) is 1. The van der Waals surface area contributed by atoms with E-state index >= 15 is 0 Å². The first-order chi connectivity index (χ1) is 10.2. The van der Waals surface area contributed by atoms with Crippen molar-refractivity contribution < 1.29 is 27.1 Å². The largest absolute Gasteiger partial charge is 0.461 e. The number of rotatable bonds is 4. The minimum absolute atomic E-state index is 0.144. The lowest BCUT2D eigenvalue weighted by molar-refractivity contribution is -0.253. The zero-order chi connectivity index (χ0) is 16.5. The number of carbonyl (C=O) groups excluding carboxylic acids is 1. The van der Waals surface area contributed by atoms with Gasteiger partial charge in [0.25, 0.3) is 5.91 Å². The monoisotopic (exact) mass is 334 g/mol. The number of benzene rings is 1. The van der Waals surface area contributed by atoms with Crippen molar-refractivity contribution in [1.29, 1.82) is 0 Å². The van der Waals surface area contributed by atoms with Gasteiger partial charge in [-0.15, -0.1) is 0 Å². The zero-order valence-electron chi connectivity index (χ0n) is 11.1. The number of amides is 1. The highest BCUT2D eigenvalue weighted by atomic mass is 32.1. The molecule has 1 aliphatic heterocycles. The molecule has 4 nitrogen and oxygen atoms in total. The predicted octanol–water partition coefficient (Wildman–Crippen LogP) is 2.61. The van der Waals surface area contributed by atoms with Crippen molar-refractivity contribution in [2.24, 2.45) is 0 Å². The van der Waals surface area contributed by atoms with E-state index in [0.29, 0.717) is 5.56 Å². The molecule has 1 aromatic carbocycles. The number of halogens is 4. The highest BCUT2D eigenvalue weighted by Gasteiger charge is 2.44. The Morgan fingerprint density at radius 2 is 2.09 bits per heavy atom. The molecular formula is C13H10F4N2O2S. The Morgan fingerprint density at radius 1 is 1.41 bits per heavy atom. The van der Waals surface area contributed by atoms with Gasteiger partial charge in [-0.3, -0.25) is 9.69 Å². The van der Waals surface area contributed by atoms with Gasteiger partial charge in [-0.1, -0.05) is 12.1 Å². The third-order valence-electron chi connectivity index (χ3n) is 2.76. The van der Waals surface area contributed by atoms with E-state index < -0.39 is 24.2 Å². The van der Waals surface area contributed by atoms with E-state index in [1.807, 2.05) is 0 Å². The van der Waals surface area contributed by atoms with Gasteiger partial charge in [0.1, 0.15) is 11.4 Å². The van der Waals surface area contributed by atoms with Gasteiger partial charge >= 0.3 is 12.5 Å². The van der Waals surface area contributed by atoms with E-state index in [2.05, 4.69) is 10.1 Å². The minimum Gasteiger partial charge on any atom is -0.428 e. The Labute approximate surface area is 128 Å². The minimum atomic E-state index is -4.59. The summed E-state index contributed by atoms with van der Waals surface area (Å²) in [5, 5.41) is 2.85. The molecule has 0 saturated carbocycles. The number of thiocarbonyl (C=S) groups is 1. The van der Waals surface area contributed by atoms with Crippen LogP contribution < -0.4 is 10.1 Å². The fourth-order valence-corrected chi connectivity index (χ4v) is 1.85. The van der Waals surface area contributed by atoms with Crippen molar-refractivity contribution in [1.82, 2.24) is 10.2 Å². The highest BCUT2D eigenvalue weighted by molar-refractivity contribution is 7.80. The Hall–Kier alpha value is -2.16. The molecule has 1 heterocycles. The van der Waals surface area contributed by atoms with Gasteiger partial charge in [0.2, 0.25) is 0 Å². The molecule has 0 spiro atoms. The van der Waals surface area contributed by atoms with Gasteiger partial charge in [-0.25, -0.2) is 0 Å². The number of likely N-dealkylation sites (N-methyl/N-ethyl adjacent to an activating group) is 1. The van der Waals surface area contributed by atoms with Crippen LogP contribution in [-0.2, 0) is 4.79 Å². The van der Waals surface area contributed by atoms with Gasteiger partial charge in [0.05, 0.1) is 0 Å². The number of carbonyl (C=O) groups is 1. The first-order valence-electron chi connectivity index (χ1n) is 5.96. The summed E-state index contributed by atoms with van der Waals surface area (Å²) in [5.41, 5.74) is 0.460. The maximum absolute atomic E-state index is 12.9. The van der Waals surface area contributed by atoms with Crippen LogP contribution in [0.25, 0.3) is 6.08 Å². The van der Waals surface area contributed by atoms with E-state index in [0.717, 1.165) is 12.1 Å². The lowest BCUT2D eigenvalue weighted by atomic mass is 10.2. The first-order valence-corrected chi connectivity index (χ1v) is 6.37. The number of hydrogen-bond acceptors (Lipinski definition) is 3. The smallest absolute Gasteiger partial charge is 0.428 e. The topological polar surface area (TPSA) is 41.6 Å². The molecule has 1 amide bonds. The van der Waals surface area contributed by atoms with Crippen LogP contribution in [0.2, 0.25) is 0 Å². The predicted molar refractivity (Wildman–Crippen MR) is 74.5 cm³/mol. The molecular weight excluding hydrogens is 324 g/mol. The fraction of sp³-hybridized carbons (Fsp3) is 0.231. The molecule has 0 bridgehead atoms. The second kappa shape index (κ2) is 5.91. The van der Waals surface area contributed by atoms with E-state index in [9.17, 15) is 22.4 Å². The summed E-state index contributed by atoms with van der Waals surface area (Å²) >= 11 is 4.88. The summed E-state index contributed by atoms with van der Waals surface area (Å²) in [7, 11) is 1.47. The van der Waals surface area contributed by atoms with Gasteiger partial charge < -0.3 is 10.1 Å². The molecule has 0 unspecified atom stereocenters. The number of nitrogens with zero attached hydrogens (tertiary/aromatic N) is 1. The van der Waals surface area contributed by atoms with Crippen LogP contribution in [0, 0.1) is 0 Å². The van der Waals surface area contributed by atoms with Gasteiger partial charge in [-0.05, 0) is 36.0 Å². The summed E-state index contributed by atoms with van der Waals surface area (Å²) in [5.74, 6) is -0.838. The van der Waals surface area contributed by atoms with Crippen LogP contribution >= 0.6 is 12.2 Å². The SMILES string of the molecule is CN1C(=O)/C(=C\c2cccc(OC(F)(F)C(F)F)c2)NC1=S. The molecule has 9 heteroatoms. The van der Waals surface area contributed by atoms with Gasteiger partial charge in [-0.2, -0.15) is 17.6 Å². The third-order valence-corrected chi connectivity index (χ3v) is 3.13. The number of hydrogen-bond donors (Lipinski definition) is 1. The Morgan fingerprint density at radius 3 is 2.64 bits per heavy atom. The Kier molecular flexibility index (Phi) is 4.36. The maximum atomic E-state index is 12.9. The molecule has 1 N–H and O–H groups in total. The van der Waals surface area contributed by atoms with Gasteiger partial charge in [0.15, 0.2) is 5.11 Å². The molecule has 0 aromatic heterocycles. The molecule has 1 fully saturated rings. The summed E-state index contributed by atoms with van der Waals surface area (Å²) in [4.78, 5) is 13.0. The quantitative estimate of drug-likeness (QED) is 0.522. The van der Waals surface area contributed by atoms with Crippen LogP contribution in [-0.4, -0.2) is 35.5 Å². The van der Waals surface area contributed by atoms with E-state index in [4.69, 9.17) is 12.2 Å². The molecule has 1 saturated heterocycles. The highest BCUT2D eigenvalue weighted by Crippen LogP contribution is 2.28. The summed E-state index contributed by atoms with van der Waals surface area (Å²) in [6.07, 6.45) is -7.18. The van der Waals surface area contributed by atoms with Crippen molar-refractivity contribution in [3.8, 4) is 5.75 Å². The first kappa shape index (κ1) is 16.2. The molecule has 1 aliphatic rings. The average Bonchev–Trinajstić information content (AvgIpc) is 2.66. The van der Waals surface area contributed by atoms with Crippen LogP contribution in [0.3, 0.4) is 0 Å². The van der Waals surface area contributed by atoms with Crippen LogP contribution in [0.15, 0.2) is 30.0 Å². The molecule has 1 aromatic rings. The maximum Gasteiger partial charge on any atom is 0.461 e. The zero-order valence-corrected chi connectivity index (χ0v) is 12.0. The summed E-state index contributed by atoms with van der Waals surface area (Å²) in [6.45, 7) is 0.